The summed E-state index contributed by atoms with van der Waals surface area (Å²) in [6.07, 6.45) is 8.15. The van der Waals surface area contributed by atoms with Crippen molar-refractivity contribution < 1.29 is 4.74 Å². The average molecular weight is 342 g/mol. The summed E-state index contributed by atoms with van der Waals surface area (Å²) in [4.78, 5) is 0. The van der Waals surface area contributed by atoms with Crippen molar-refractivity contribution in [1.82, 2.24) is 15.0 Å². The molecule has 1 aliphatic heterocycles. The molecule has 1 saturated heterocycles. The maximum Gasteiger partial charge on any atom is 0.150 e. The Morgan fingerprint density at radius 1 is 1.42 bits per heavy atom. The van der Waals surface area contributed by atoms with Gasteiger partial charge in [-0.1, -0.05) is 5.21 Å². The third-order valence-electron chi connectivity index (χ3n) is 5.42. The summed E-state index contributed by atoms with van der Waals surface area (Å²) in [5.41, 5.74) is 2.04. The molecule has 1 saturated carbocycles. The van der Waals surface area contributed by atoms with Crippen molar-refractivity contribution in [2.24, 2.45) is 5.92 Å². The Balaban J connectivity index is 1.54. The molecule has 0 radical (unpaired) electrons. The second-order valence-corrected chi connectivity index (χ2v) is 7.74. The summed E-state index contributed by atoms with van der Waals surface area (Å²) < 4.78 is 7.35. The van der Waals surface area contributed by atoms with Crippen LogP contribution in [-0.2, 0) is 16.7 Å². The van der Waals surface area contributed by atoms with Gasteiger partial charge in [-0.15, -0.1) is 5.10 Å². The molecule has 24 heavy (non-hydrogen) atoms. The largest absolute Gasteiger partial charge is 0.381 e. The van der Waals surface area contributed by atoms with Crippen LogP contribution >= 0.6 is 11.3 Å². The number of ether oxygens (including phenoxy) is 1. The van der Waals surface area contributed by atoms with Crippen LogP contribution in [0.2, 0.25) is 0 Å². The standard InChI is InChI=1S/C18H22N4OS/c19-13-18(6-7-18)22-11-17(20-21-22)16(15-3-8-23-9-4-15)2-1-14-5-10-24-12-14/h5,10-12,15-16H,1-4,6-9H2/t16-/m0/s1. The van der Waals surface area contributed by atoms with E-state index in [9.17, 15) is 5.26 Å². The Hall–Kier alpha value is -1.71. The molecule has 0 N–H and O–H groups in total. The molecule has 0 amide bonds. The molecule has 1 aliphatic carbocycles. The fourth-order valence-corrected chi connectivity index (χ4v) is 4.37. The molecule has 6 heteroatoms. The van der Waals surface area contributed by atoms with E-state index >= 15 is 0 Å². The zero-order chi connectivity index (χ0) is 16.4. The van der Waals surface area contributed by atoms with Crippen LogP contribution in [0.15, 0.2) is 23.0 Å². The molecule has 2 aliphatic rings. The van der Waals surface area contributed by atoms with Crippen molar-refractivity contribution in [3.05, 3.63) is 34.3 Å². The summed E-state index contributed by atoms with van der Waals surface area (Å²) in [6, 6.07) is 4.60. The van der Waals surface area contributed by atoms with Crippen LogP contribution in [0.25, 0.3) is 0 Å². The first-order valence-electron chi connectivity index (χ1n) is 8.73. The lowest BCUT2D eigenvalue weighted by Crippen LogP contribution is -2.23. The molecule has 5 nitrogen and oxygen atoms in total. The minimum absolute atomic E-state index is 0.400. The second-order valence-electron chi connectivity index (χ2n) is 6.96. The van der Waals surface area contributed by atoms with E-state index in [0.29, 0.717) is 11.8 Å². The zero-order valence-electron chi connectivity index (χ0n) is 13.7. The molecule has 2 aromatic rings. The minimum atomic E-state index is -0.418. The molecule has 0 spiro atoms. The Morgan fingerprint density at radius 2 is 2.25 bits per heavy atom. The van der Waals surface area contributed by atoms with E-state index in [1.165, 1.54) is 5.56 Å². The first-order chi connectivity index (χ1) is 11.8. The van der Waals surface area contributed by atoms with Crippen molar-refractivity contribution >= 4 is 11.3 Å². The van der Waals surface area contributed by atoms with Gasteiger partial charge in [0, 0.05) is 19.1 Å². The van der Waals surface area contributed by atoms with Gasteiger partial charge in [-0.2, -0.15) is 16.6 Å². The molecule has 0 aromatic carbocycles. The molecular formula is C18H22N4OS. The minimum Gasteiger partial charge on any atom is -0.381 e. The van der Waals surface area contributed by atoms with Crippen LogP contribution in [-0.4, -0.2) is 28.2 Å². The lowest BCUT2D eigenvalue weighted by Gasteiger charge is -2.29. The molecular weight excluding hydrogens is 320 g/mol. The van der Waals surface area contributed by atoms with Gasteiger partial charge >= 0.3 is 0 Å². The molecule has 1 atom stereocenters. The molecule has 126 valence electrons. The van der Waals surface area contributed by atoms with Crippen molar-refractivity contribution in [2.45, 2.75) is 50.0 Å². The van der Waals surface area contributed by atoms with Crippen LogP contribution in [0.1, 0.15) is 49.3 Å². The summed E-state index contributed by atoms with van der Waals surface area (Å²) in [6.45, 7) is 1.69. The highest BCUT2D eigenvalue weighted by Crippen LogP contribution is 2.43. The number of nitrogens with zero attached hydrogens (tertiary/aromatic N) is 4. The Morgan fingerprint density at radius 3 is 2.92 bits per heavy atom. The molecule has 4 rings (SSSR count). The van der Waals surface area contributed by atoms with Crippen molar-refractivity contribution in [2.75, 3.05) is 13.2 Å². The smallest absolute Gasteiger partial charge is 0.150 e. The third-order valence-corrected chi connectivity index (χ3v) is 6.15. The number of rotatable bonds is 6. The highest BCUT2D eigenvalue weighted by Gasteiger charge is 2.47. The van der Waals surface area contributed by atoms with Crippen LogP contribution in [0, 0.1) is 17.2 Å². The number of hydrogen-bond donors (Lipinski definition) is 0. The van der Waals surface area contributed by atoms with Gasteiger partial charge in [0.15, 0.2) is 5.54 Å². The van der Waals surface area contributed by atoms with Gasteiger partial charge < -0.3 is 4.74 Å². The number of aryl methyl sites for hydroxylation is 1. The van der Waals surface area contributed by atoms with Gasteiger partial charge in [-0.25, -0.2) is 4.68 Å². The first kappa shape index (κ1) is 15.8. The monoisotopic (exact) mass is 342 g/mol. The maximum atomic E-state index is 9.38. The molecule has 3 heterocycles. The first-order valence-corrected chi connectivity index (χ1v) is 9.68. The molecule has 0 unspecified atom stereocenters. The number of nitriles is 1. The van der Waals surface area contributed by atoms with Gasteiger partial charge in [-0.05, 0) is 66.8 Å². The Kier molecular flexibility index (Phi) is 4.38. The highest BCUT2D eigenvalue weighted by molar-refractivity contribution is 7.07. The third kappa shape index (κ3) is 3.11. The summed E-state index contributed by atoms with van der Waals surface area (Å²) in [5, 5.41) is 22.5. The second kappa shape index (κ2) is 6.66. The van der Waals surface area contributed by atoms with E-state index in [2.05, 4.69) is 33.2 Å². The fraction of sp³-hybridized carbons (Fsp3) is 0.611. The molecule has 2 aromatic heterocycles. The Labute approximate surface area is 146 Å². The lowest BCUT2D eigenvalue weighted by atomic mass is 9.81. The Bertz CT molecular complexity index is 708. The van der Waals surface area contributed by atoms with E-state index in [1.807, 2.05) is 6.20 Å². The van der Waals surface area contributed by atoms with Gasteiger partial charge in [0.05, 0.1) is 18.0 Å². The lowest BCUT2D eigenvalue weighted by molar-refractivity contribution is 0.0563. The number of thiophene rings is 1. The summed E-state index contributed by atoms with van der Waals surface area (Å²) in [5.74, 6) is 0.997. The van der Waals surface area contributed by atoms with Crippen LogP contribution in [0.4, 0.5) is 0 Å². The topological polar surface area (TPSA) is 63.7 Å². The predicted molar refractivity (Wildman–Crippen MR) is 91.8 cm³/mol. The quantitative estimate of drug-likeness (QED) is 0.806. The van der Waals surface area contributed by atoms with Gasteiger partial charge in [0.25, 0.3) is 0 Å². The van der Waals surface area contributed by atoms with Crippen molar-refractivity contribution in [3.63, 3.8) is 0 Å². The normalized spacial score (nSPS) is 21.3. The van der Waals surface area contributed by atoms with Gasteiger partial charge in [-0.3, -0.25) is 0 Å². The molecule has 0 bridgehead atoms. The van der Waals surface area contributed by atoms with E-state index in [-0.39, 0.29) is 0 Å². The van der Waals surface area contributed by atoms with Crippen molar-refractivity contribution in [3.8, 4) is 6.07 Å². The predicted octanol–water partition coefficient (Wildman–Crippen LogP) is 3.50. The van der Waals surface area contributed by atoms with Crippen LogP contribution in [0.3, 0.4) is 0 Å². The number of aromatic nitrogens is 3. The maximum absolute atomic E-state index is 9.38. The van der Waals surface area contributed by atoms with Gasteiger partial charge in [0.2, 0.25) is 0 Å². The van der Waals surface area contributed by atoms with Crippen molar-refractivity contribution in [1.29, 1.82) is 5.26 Å². The fourth-order valence-electron chi connectivity index (χ4n) is 3.67. The molecule has 2 fully saturated rings. The van der Waals surface area contributed by atoms with Crippen LogP contribution in [0.5, 0.6) is 0 Å². The van der Waals surface area contributed by atoms with Gasteiger partial charge in [0.1, 0.15) is 0 Å². The zero-order valence-corrected chi connectivity index (χ0v) is 14.5. The van der Waals surface area contributed by atoms with E-state index in [4.69, 9.17) is 4.74 Å². The number of hydrogen-bond acceptors (Lipinski definition) is 5. The van der Waals surface area contributed by atoms with E-state index in [0.717, 1.165) is 57.4 Å². The van der Waals surface area contributed by atoms with E-state index < -0.39 is 5.54 Å². The van der Waals surface area contributed by atoms with Crippen LogP contribution < -0.4 is 0 Å². The average Bonchev–Trinajstić information content (AvgIpc) is 3.01. The SMILES string of the molecule is N#CC1(n2cc([C@@H](CCc3ccsc3)C3CCOCC3)nn2)CC1. The summed E-state index contributed by atoms with van der Waals surface area (Å²) >= 11 is 1.75. The van der Waals surface area contributed by atoms with E-state index in [1.54, 1.807) is 16.0 Å². The highest BCUT2D eigenvalue weighted by atomic mass is 32.1. The summed E-state index contributed by atoms with van der Waals surface area (Å²) in [7, 11) is 0.